The SMILES string of the molecule is CC(C)(C)OC(O)N1CCN(c2c(N)cnc3cc(Br)c(Cl)cc23)[C@@H](CCl)C1. The number of aliphatic hydroxyl groups is 1. The molecular weight excluding hydrogens is 467 g/mol. The van der Waals surface area contributed by atoms with Crippen LogP contribution in [0.25, 0.3) is 10.9 Å². The van der Waals surface area contributed by atoms with Gasteiger partial charge in [-0.05, 0) is 48.8 Å². The van der Waals surface area contributed by atoms with Crippen molar-refractivity contribution in [2.45, 2.75) is 38.8 Å². The van der Waals surface area contributed by atoms with Crippen molar-refractivity contribution in [3.8, 4) is 0 Å². The van der Waals surface area contributed by atoms with Crippen molar-refractivity contribution in [1.82, 2.24) is 9.88 Å². The normalized spacial score (nSPS) is 20.0. The molecule has 1 saturated heterocycles. The first-order valence-electron chi connectivity index (χ1n) is 9.06. The van der Waals surface area contributed by atoms with Crippen molar-refractivity contribution in [3.05, 3.63) is 27.8 Å². The van der Waals surface area contributed by atoms with Gasteiger partial charge >= 0.3 is 0 Å². The number of anilines is 2. The molecule has 2 atom stereocenters. The van der Waals surface area contributed by atoms with Crippen molar-refractivity contribution in [2.75, 3.05) is 36.1 Å². The molecule has 0 radical (unpaired) electrons. The summed E-state index contributed by atoms with van der Waals surface area (Å²) in [5, 5.41) is 11.9. The van der Waals surface area contributed by atoms with Crippen molar-refractivity contribution < 1.29 is 9.84 Å². The number of pyridine rings is 1. The fourth-order valence-corrected chi connectivity index (χ4v) is 4.17. The van der Waals surface area contributed by atoms with E-state index in [1.807, 2.05) is 37.8 Å². The molecular formula is C19H25BrCl2N4O2. The van der Waals surface area contributed by atoms with Gasteiger partial charge < -0.3 is 20.5 Å². The topological polar surface area (TPSA) is 74.9 Å². The Hall–Kier alpha value is -0.830. The summed E-state index contributed by atoms with van der Waals surface area (Å²) in [4.78, 5) is 8.49. The van der Waals surface area contributed by atoms with E-state index >= 15 is 0 Å². The maximum absolute atomic E-state index is 10.5. The Balaban J connectivity index is 1.92. The summed E-state index contributed by atoms with van der Waals surface area (Å²) in [5.41, 5.74) is 8.11. The van der Waals surface area contributed by atoms with Crippen LogP contribution in [-0.2, 0) is 4.74 Å². The van der Waals surface area contributed by atoms with Crippen LogP contribution in [-0.4, -0.2) is 58.6 Å². The van der Waals surface area contributed by atoms with Gasteiger partial charge in [0, 0.05) is 35.4 Å². The Labute approximate surface area is 183 Å². The minimum Gasteiger partial charge on any atom is -0.396 e. The van der Waals surface area contributed by atoms with Crippen LogP contribution in [0.2, 0.25) is 5.02 Å². The minimum absolute atomic E-state index is 0.0519. The zero-order chi connectivity index (χ0) is 20.6. The molecule has 1 aromatic carbocycles. The van der Waals surface area contributed by atoms with E-state index in [1.54, 1.807) is 6.20 Å². The quantitative estimate of drug-likeness (QED) is 0.496. The number of aliphatic hydroxyl groups excluding tert-OH is 1. The summed E-state index contributed by atoms with van der Waals surface area (Å²) in [5.74, 6) is 0.381. The molecule has 1 aliphatic heterocycles. The van der Waals surface area contributed by atoms with Crippen LogP contribution in [0, 0.1) is 0 Å². The first kappa shape index (κ1) is 21.9. The fraction of sp³-hybridized carbons (Fsp3) is 0.526. The van der Waals surface area contributed by atoms with E-state index in [-0.39, 0.29) is 6.04 Å². The van der Waals surface area contributed by atoms with E-state index in [0.29, 0.717) is 36.2 Å². The van der Waals surface area contributed by atoms with Crippen molar-refractivity contribution in [2.24, 2.45) is 0 Å². The fourth-order valence-electron chi connectivity index (χ4n) is 3.41. The lowest BCUT2D eigenvalue weighted by atomic mass is 10.1. The second kappa shape index (κ2) is 8.50. The highest BCUT2D eigenvalue weighted by Gasteiger charge is 2.33. The number of nitrogens with two attached hydrogens (primary N) is 1. The third-order valence-electron chi connectivity index (χ3n) is 4.66. The lowest BCUT2D eigenvalue weighted by Gasteiger charge is -2.44. The van der Waals surface area contributed by atoms with Gasteiger partial charge in [0.05, 0.1) is 39.8 Å². The maximum atomic E-state index is 10.5. The highest BCUT2D eigenvalue weighted by molar-refractivity contribution is 9.10. The van der Waals surface area contributed by atoms with Gasteiger partial charge in [0.2, 0.25) is 6.41 Å². The Morgan fingerprint density at radius 3 is 2.75 bits per heavy atom. The van der Waals surface area contributed by atoms with Crippen LogP contribution in [0.5, 0.6) is 0 Å². The molecule has 1 fully saturated rings. The molecule has 0 bridgehead atoms. The van der Waals surface area contributed by atoms with Crippen LogP contribution in [0.3, 0.4) is 0 Å². The number of ether oxygens (including phenoxy) is 1. The molecule has 2 heterocycles. The highest BCUT2D eigenvalue weighted by atomic mass is 79.9. The average molecular weight is 492 g/mol. The van der Waals surface area contributed by atoms with Gasteiger partial charge in [-0.2, -0.15) is 0 Å². The van der Waals surface area contributed by atoms with Gasteiger partial charge in [0.15, 0.2) is 0 Å². The van der Waals surface area contributed by atoms with E-state index in [0.717, 1.165) is 21.1 Å². The highest BCUT2D eigenvalue weighted by Crippen LogP contribution is 2.38. The molecule has 154 valence electrons. The van der Waals surface area contributed by atoms with Crippen LogP contribution >= 0.6 is 39.1 Å². The largest absolute Gasteiger partial charge is 0.396 e. The third kappa shape index (κ3) is 4.66. The monoisotopic (exact) mass is 490 g/mol. The number of aromatic nitrogens is 1. The summed E-state index contributed by atoms with van der Waals surface area (Å²) in [6.07, 6.45) is 0.678. The van der Waals surface area contributed by atoms with Crippen LogP contribution < -0.4 is 10.6 Å². The average Bonchev–Trinajstić information content (AvgIpc) is 2.61. The summed E-state index contributed by atoms with van der Waals surface area (Å²) in [7, 11) is 0. The summed E-state index contributed by atoms with van der Waals surface area (Å²) in [6.45, 7) is 7.54. The van der Waals surface area contributed by atoms with Crippen LogP contribution in [0.4, 0.5) is 11.4 Å². The number of fused-ring (bicyclic) bond motifs is 1. The van der Waals surface area contributed by atoms with Crippen molar-refractivity contribution in [1.29, 1.82) is 0 Å². The third-order valence-corrected chi connectivity index (χ3v) is 6.21. The van der Waals surface area contributed by atoms with E-state index in [1.165, 1.54) is 0 Å². The van der Waals surface area contributed by atoms with Gasteiger partial charge in [-0.25, -0.2) is 0 Å². The van der Waals surface area contributed by atoms with Crippen molar-refractivity contribution >= 4 is 61.4 Å². The summed E-state index contributed by atoms with van der Waals surface area (Å²) in [6, 6.07) is 3.70. The first-order chi connectivity index (χ1) is 13.1. The predicted octanol–water partition coefficient (Wildman–Crippen LogP) is 4.05. The van der Waals surface area contributed by atoms with Crippen molar-refractivity contribution in [3.63, 3.8) is 0 Å². The second-order valence-corrected chi connectivity index (χ2v) is 9.47. The molecule has 28 heavy (non-hydrogen) atoms. The molecule has 2 aromatic rings. The molecule has 3 rings (SSSR count). The molecule has 1 aliphatic rings. The van der Waals surface area contributed by atoms with E-state index in [2.05, 4.69) is 25.8 Å². The molecule has 0 spiro atoms. The molecule has 0 amide bonds. The van der Waals surface area contributed by atoms with Gasteiger partial charge in [0.1, 0.15) is 0 Å². The number of nitrogens with zero attached hydrogens (tertiary/aromatic N) is 3. The number of nitrogen functional groups attached to an aromatic ring is 1. The number of rotatable bonds is 4. The molecule has 0 aliphatic carbocycles. The van der Waals surface area contributed by atoms with E-state index in [9.17, 15) is 5.11 Å². The maximum Gasteiger partial charge on any atom is 0.216 e. The number of hydrogen-bond acceptors (Lipinski definition) is 6. The Morgan fingerprint density at radius 2 is 2.11 bits per heavy atom. The minimum atomic E-state index is -0.982. The molecule has 1 unspecified atom stereocenters. The standard InChI is InChI=1S/C19H25BrCl2N4O2/c1-19(2,3)28-18(27)25-4-5-26(11(8-21)10-25)17-12-6-14(22)13(20)7-16(12)24-9-15(17)23/h6-7,9,11,18,27H,4-5,8,10,23H2,1-3H3/t11-,18?/m0/s1. The number of hydrogen-bond donors (Lipinski definition) is 2. The lowest BCUT2D eigenvalue weighted by Crippen LogP contribution is -2.58. The van der Waals surface area contributed by atoms with Gasteiger partial charge in [-0.3, -0.25) is 9.88 Å². The number of benzene rings is 1. The molecule has 3 N–H and O–H groups in total. The number of alkyl halides is 1. The molecule has 6 nitrogen and oxygen atoms in total. The molecule has 0 saturated carbocycles. The van der Waals surface area contributed by atoms with Crippen LogP contribution in [0.1, 0.15) is 20.8 Å². The zero-order valence-electron chi connectivity index (χ0n) is 16.1. The Kier molecular flexibility index (Phi) is 6.64. The van der Waals surface area contributed by atoms with Crippen LogP contribution in [0.15, 0.2) is 22.8 Å². The van der Waals surface area contributed by atoms with Gasteiger partial charge in [-0.15, -0.1) is 11.6 Å². The zero-order valence-corrected chi connectivity index (χ0v) is 19.2. The van der Waals surface area contributed by atoms with Gasteiger partial charge in [0.25, 0.3) is 0 Å². The summed E-state index contributed by atoms with van der Waals surface area (Å²) >= 11 is 16.1. The first-order valence-corrected chi connectivity index (χ1v) is 10.8. The predicted molar refractivity (Wildman–Crippen MR) is 119 cm³/mol. The lowest BCUT2D eigenvalue weighted by molar-refractivity contribution is -0.241. The summed E-state index contributed by atoms with van der Waals surface area (Å²) < 4.78 is 6.48. The number of halogens is 3. The second-order valence-electron chi connectivity index (χ2n) is 7.90. The van der Waals surface area contributed by atoms with E-state index < -0.39 is 12.0 Å². The number of piperazine rings is 1. The van der Waals surface area contributed by atoms with Gasteiger partial charge in [-0.1, -0.05) is 11.6 Å². The smallest absolute Gasteiger partial charge is 0.216 e. The molecule has 1 aromatic heterocycles. The molecule has 9 heteroatoms. The Bertz CT molecular complexity index is 862. The Morgan fingerprint density at radius 1 is 1.39 bits per heavy atom. The van der Waals surface area contributed by atoms with E-state index in [4.69, 9.17) is 33.7 Å².